The molecule has 8 heteroatoms. The number of thiophene rings is 1. The second-order valence-electron chi connectivity index (χ2n) is 5.63. The lowest BCUT2D eigenvalue weighted by atomic mass is 10.3. The van der Waals surface area contributed by atoms with Gasteiger partial charge in [-0.05, 0) is 31.8 Å². The molecule has 0 aliphatic carbocycles. The zero-order valence-corrected chi connectivity index (χ0v) is 13.7. The summed E-state index contributed by atoms with van der Waals surface area (Å²) in [6.07, 6.45) is 0.390. The molecular formula is C14H19N5O2S. The Hall–Kier alpha value is -1.77. The highest BCUT2D eigenvalue weighted by atomic mass is 32.1. The number of aliphatic hydroxyl groups excluding tert-OH is 1. The minimum atomic E-state index is -0.318. The summed E-state index contributed by atoms with van der Waals surface area (Å²) in [6, 6.07) is 1.93. The van der Waals surface area contributed by atoms with E-state index in [-0.39, 0.29) is 11.7 Å². The minimum absolute atomic E-state index is 0.0427. The molecule has 3 heterocycles. The lowest BCUT2D eigenvalue weighted by Gasteiger charge is -2.16. The van der Waals surface area contributed by atoms with Crippen LogP contribution in [0.1, 0.15) is 19.2 Å². The highest BCUT2D eigenvalue weighted by molar-refractivity contribution is 7.17. The minimum Gasteiger partial charge on any atom is -0.393 e. The molecule has 0 aliphatic heterocycles. The van der Waals surface area contributed by atoms with Gasteiger partial charge in [0.2, 0.25) is 5.78 Å². The summed E-state index contributed by atoms with van der Waals surface area (Å²) < 4.78 is 4.18. The number of aryl methyl sites for hydroxylation is 1. The molecule has 0 aromatic carbocycles. The third-order valence-electron chi connectivity index (χ3n) is 3.74. The first kappa shape index (κ1) is 15.1. The molecule has 0 saturated carbocycles. The van der Waals surface area contributed by atoms with Gasteiger partial charge < -0.3 is 5.11 Å². The van der Waals surface area contributed by atoms with Crippen molar-refractivity contribution in [3.8, 4) is 0 Å². The van der Waals surface area contributed by atoms with Crippen LogP contribution in [0.5, 0.6) is 0 Å². The highest BCUT2D eigenvalue weighted by Gasteiger charge is 2.16. The van der Waals surface area contributed by atoms with Crippen molar-refractivity contribution in [2.45, 2.75) is 26.0 Å². The summed E-state index contributed by atoms with van der Waals surface area (Å²) in [7, 11) is 3.70. The number of hydrogen-bond donors (Lipinski definition) is 1. The van der Waals surface area contributed by atoms with Gasteiger partial charge in [0, 0.05) is 13.6 Å². The van der Waals surface area contributed by atoms with Crippen LogP contribution in [-0.4, -0.2) is 48.9 Å². The Bertz CT molecular complexity index is 863. The fraction of sp³-hybridized carbons (Fsp3) is 0.500. The summed E-state index contributed by atoms with van der Waals surface area (Å²) in [5.74, 6) is 1.34. The van der Waals surface area contributed by atoms with Crippen molar-refractivity contribution >= 4 is 27.3 Å². The first-order chi connectivity index (χ1) is 10.5. The van der Waals surface area contributed by atoms with E-state index >= 15 is 0 Å². The van der Waals surface area contributed by atoms with Crippen LogP contribution in [-0.2, 0) is 13.6 Å². The van der Waals surface area contributed by atoms with E-state index in [0.29, 0.717) is 23.4 Å². The second-order valence-corrected chi connectivity index (χ2v) is 6.54. The van der Waals surface area contributed by atoms with Crippen LogP contribution in [0.2, 0.25) is 0 Å². The highest BCUT2D eigenvalue weighted by Crippen LogP contribution is 2.19. The number of nitrogens with zero attached hydrogens (tertiary/aromatic N) is 5. The number of rotatable bonds is 5. The zero-order chi connectivity index (χ0) is 15.9. The van der Waals surface area contributed by atoms with Crippen LogP contribution in [0, 0.1) is 0 Å². The maximum absolute atomic E-state index is 12.3. The molecule has 0 aliphatic rings. The zero-order valence-electron chi connectivity index (χ0n) is 12.9. The Kier molecular flexibility index (Phi) is 3.98. The van der Waals surface area contributed by atoms with Gasteiger partial charge in [-0.3, -0.25) is 18.7 Å². The maximum Gasteiger partial charge on any atom is 0.272 e. The predicted octanol–water partition coefficient (Wildman–Crippen LogP) is 0.845. The van der Waals surface area contributed by atoms with Crippen LogP contribution < -0.4 is 5.56 Å². The maximum atomic E-state index is 12.3. The van der Waals surface area contributed by atoms with Crippen molar-refractivity contribution < 1.29 is 5.11 Å². The van der Waals surface area contributed by atoms with E-state index in [1.54, 1.807) is 14.0 Å². The molecule has 1 atom stereocenters. The van der Waals surface area contributed by atoms with Crippen molar-refractivity contribution in [2.24, 2.45) is 7.05 Å². The summed E-state index contributed by atoms with van der Waals surface area (Å²) in [5.41, 5.74) is 0.811. The summed E-state index contributed by atoms with van der Waals surface area (Å²) >= 11 is 1.43. The lowest BCUT2D eigenvalue weighted by molar-refractivity contribution is 0.162. The van der Waals surface area contributed by atoms with E-state index in [2.05, 4.69) is 15.1 Å². The summed E-state index contributed by atoms with van der Waals surface area (Å²) in [6.45, 7) is 3.16. The fourth-order valence-corrected chi connectivity index (χ4v) is 3.33. The first-order valence-electron chi connectivity index (χ1n) is 7.16. The Labute approximate surface area is 131 Å². The molecule has 0 amide bonds. The van der Waals surface area contributed by atoms with Crippen LogP contribution >= 0.6 is 11.3 Å². The number of hydrogen-bond acceptors (Lipinski definition) is 6. The average Bonchev–Trinajstić information content (AvgIpc) is 3.09. The first-order valence-corrected chi connectivity index (χ1v) is 8.04. The van der Waals surface area contributed by atoms with Gasteiger partial charge >= 0.3 is 0 Å². The molecule has 0 saturated heterocycles. The van der Waals surface area contributed by atoms with Gasteiger partial charge in [0.15, 0.2) is 5.82 Å². The Morgan fingerprint density at radius 2 is 2.23 bits per heavy atom. The van der Waals surface area contributed by atoms with Crippen molar-refractivity contribution in [3.63, 3.8) is 0 Å². The fourth-order valence-electron chi connectivity index (χ4n) is 2.48. The van der Waals surface area contributed by atoms with Crippen molar-refractivity contribution in [2.75, 3.05) is 13.6 Å². The van der Waals surface area contributed by atoms with Gasteiger partial charge in [-0.2, -0.15) is 0 Å². The van der Waals surface area contributed by atoms with Gasteiger partial charge in [0.25, 0.3) is 5.56 Å². The van der Waals surface area contributed by atoms with Gasteiger partial charge in [-0.1, -0.05) is 0 Å². The quantitative estimate of drug-likeness (QED) is 0.754. The molecule has 0 fully saturated rings. The van der Waals surface area contributed by atoms with Crippen LogP contribution in [0.25, 0.3) is 16.0 Å². The molecule has 7 nitrogen and oxygen atoms in total. The largest absolute Gasteiger partial charge is 0.393 e. The number of fused-ring (bicyclic) bond motifs is 3. The van der Waals surface area contributed by atoms with Gasteiger partial charge in [0.1, 0.15) is 4.70 Å². The molecule has 1 N–H and O–H groups in total. The van der Waals surface area contributed by atoms with Gasteiger partial charge in [-0.25, -0.2) is 0 Å². The molecule has 0 spiro atoms. The molecule has 118 valence electrons. The second kappa shape index (κ2) is 5.79. The Morgan fingerprint density at radius 3 is 2.95 bits per heavy atom. The van der Waals surface area contributed by atoms with E-state index in [9.17, 15) is 9.90 Å². The molecule has 22 heavy (non-hydrogen) atoms. The Morgan fingerprint density at radius 1 is 1.45 bits per heavy atom. The third-order valence-corrected chi connectivity index (χ3v) is 4.63. The smallest absolute Gasteiger partial charge is 0.272 e. The van der Waals surface area contributed by atoms with Crippen LogP contribution in [0.15, 0.2) is 16.2 Å². The third kappa shape index (κ3) is 2.53. The SMILES string of the molecule is CC(O)CCN(C)Cc1nnc2n(C)c(=O)c3sccc3n12. The molecule has 3 aromatic heterocycles. The lowest BCUT2D eigenvalue weighted by Crippen LogP contribution is -2.24. The predicted molar refractivity (Wildman–Crippen MR) is 86.2 cm³/mol. The Balaban J connectivity index is 2.03. The van der Waals surface area contributed by atoms with Crippen molar-refractivity contribution in [1.82, 2.24) is 24.1 Å². The molecule has 0 radical (unpaired) electrons. The summed E-state index contributed by atoms with van der Waals surface area (Å²) in [5, 5.41) is 19.7. The molecule has 0 bridgehead atoms. The van der Waals surface area contributed by atoms with Crippen LogP contribution in [0.3, 0.4) is 0 Å². The van der Waals surface area contributed by atoms with E-state index < -0.39 is 0 Å². The van der Waals surface area contributed by atoms with E-state index in [0.717, 1.165) is 17.9 Å². The van der Waals surface area contributed by atoms with E-state index in [4.69, 9.17) is 0 Å². The average molecular weight is 321 g/mol. The number of aliphatic hydroxyl groups is 1. The van der Waals surface area contributed by atoms with Crippen LogP contribution in [0.4, 0.5) is 0 Å². The molecule has 1 unspecified atom stereocenters. The topological polar surface area (TPSA) is 75.7 Å². The van der Waals surface area contributed by atoms with Crippen molar-refractivity contribution in [1.29, 1.82) is 0 Å². The normalized spacial score (nSPS) is 13.5. The molecule has 3 aromatic rings. The standard InChI is InChI=1S/C14H19N5O2S/c1-9(20)4-6-17(2)8-11-15-16-14-18(3)13(21)12-10(19(11)14)5-7-22-12/h5,7,9,20H,4,6,8H2,1-3H3. The monoisotopic (exact) mass is 321 g/mol. The van der Waals surface area contributed by atoms with Gasteiger partial charge in [-0.15, -0.1) is 21.5 Å². The number of aromatic nitrogens is 4. The summed E-state index contributed by atoms with van der Waals surface area (Å²) in [4.78, 5) is 14.4. The molecular weight excluding hydrogens is 302 g/mol. The van der Waals surface area contributed by atoms with Crippen molar-refractivity contribution in [3.05, 3.63) is 27.6 Å². The van der Waals surface area contributed by atoms with Gasteiger partial charge in [0.05, 0.1) is 18.2 Å². The van der Waals surface area contributed by atoms with E-state index in [1.165, 1.54) is 15.9 Å². The van der Waals surface area contributed by atoms with E-state index in [1.807, 2.05) is 22.9 Å². The molecule has 3 rings (SSSR count).